The minimum atomic E-state index is -3.98. The van der Waals surface area contributed by atoms with E-state index in [1.165, 1.54) is 7.11 Å². The summed E-state index contributed by atoms with van der Waals surface area (Å²) < 4.78 is 41.1. The second-order valence-corrected chi connectivity index (χ2v) is 14.2. The molecule has 3 atom stereocenters. The number of hydrogen-bond donors (Lipinski definition) is 1. The van der Waals surface area contributed by atoms with Gasteiger partial charge in [0.2, 0.25) is 15.9 Å². The maximum Gasteiger partial charge on any atom is 0.328 e. The lowest BCUT2D eigenvalue weighted by Gasteiger charge is -2.37. The van der Waals surface area contributed by atoms with Crippen molar-refractivity contribution in [3.05, 3.63) is 112 Å². The molecule has 1 amide bonds. The van der Waals surface area contributed by atoms with E-state index in [0.717, 1.165) is 11.1 Å². The molecule has 0 saturated heterocycles. The van der Waals surface area contributed by atoms with Gasteiger partial charge in [0.15, 0.2) is 0 Å². The maximum atomic E-state index is 14.4. The van der Waals surface area contributed by atoms with Crippen LogP contribution in [0.15, 0.2) is 95.4 Å². The topological polar surface area (TPSA) is 102 Å². The fourth-order valence-electron chi connectivity index (χ4n) is 5.39. The number of aryl methyl sites for hydroxylation is 1. The Kier molecular flexibility index (Phi) is 10.7. The van der Waals surface area contributed by atoms with E-state index in [1.54, 1.807) is 41.6 Å². The van der Waals surface area contributed by atoms with Crippen molar-refractivity contribution in [2.75, 3.05) is 20.3 Å². The average Bonchev–Trinajstić information content (AvgIpc) is 3.38. The zero-order valence-electron chi connectivity index (χ0n) is 25.6. The third-order valence-corrected chi connectivity index (χ3v) is 9.84. The van der Waals surface area contributed by atoms with Gasteiger partial charge in [0.05, 0.1) is 24.7 Å². The third-order valence-electron chi connectivity index (χ3n) is 7.58. The van der Waals surface area contributed by atoms with Crippen LogP contribution in [-0.2, 0) is 35.5 Å². The number of hydrogen-bond acceptors (Lipinski definition) is 6. The number of rotatable bonds is 11. The Morgan fingerprint density at radius 2 is 1.61 bits per heavy atom. The van der Waals surface area contributed by atoms with E-state index < -0.39 is 45.4 Å². The molecular formula is C34H39ClN2O6S. The summed E-state index contributed by atoms with van der Waals surface area (Å²) in [7, 11) is -2.71. The summed E-state index contributed by atoms with van der Waals surface area (Å²) in [4.78, 5) is 25.5. The van der Waals surface area contributed by atoms with Gasteiger partial charge in [-0.2, -0.15) is 4.31 Å². The van der Waals surface area contributed by atoms with Gasteiger partial charge in [-0.3, -0.25) is 4.79 Å². The zero-order valence-corrected chi connectivity index (χ0v) is 27.2. The minimum absolute atomic E-state index is 0.00530. The monoisotopic (exact) mass is 638 g/mol. The van der Waals surface area contributed by atoms with Crippen molar-refractivity contribution in [3.8, 4) is 0 Å². The lowest BCUT2D eigenvalue weighted by atomic mass is 9.87. The second-order valence-electron chi connectivity index (χ2n) is 11.9. The molecule has 0 aromatic heterocycles. The summed E-state index contributed by atoms with van der Waals surface area (Å²) in [6.45, 7) is 7.41. The quantitative estimate of drug-likeness (QED) is 0.215. The van der Waals surface area contributed by atoms with E-state index in [1.807, 2.05) is 75.4 Å². The molecule has 1 heterocycles. The molecule has 0 bridgehead atoms. The number of carbonyl (C=O) groups is 2. The third kappa shape index (κ3) is 7.77. The summed E-state index contributed by atoms with van der Waals surface area (Å²) >= 11 is 6.19. The van der Waals surface area contributed by atoms with Gasteiger partial charge in [-0.25, -0.2) is 13.2 Å². The van der Waals surface area contributed by atoms with Crippen molar-refractivity contribution in [1.82, 2.24) is 9.62 Å². The van der Waals surface area contributed by atoms with E-state index in [9.17, 15) is 18.0 Å². The second kappa shape index (κ2) is 14.1. The predicted molar refractivity (Wildman–Crippen MR) is 171 cm³/mol. The van der Waals surface area contributed by atoms with E-state index >= 15 is 0 Å². The highest BCUT2D eigenvalue weighted by atomic mass is 35.5. The summed E-state index contributed by atoms with van der Waals surface area (Å²) in [5.74, 6) is -1.05. The van der Waals surface area contributed by atoms with Crippen LogP contribution in [0.4, 0.5) is 0 Å². The van der Waals surface area contributed by atoms with E-state index in [4.69, 9.17) is 21.1 Å². The largest absolute Gasteiger partial charge is 0.467 e. The van der Waals surface area contributed by atoms with Crippen LogP contribution < -0.4 is 5.32 Å². The molecule has 3 aromatic rings. The first-order chi connectivity index (χ1) is 20.8. The van der Waals surface area contributed by atoms with Crippen LogP contribution in [0.2, 0.25) is 5.02 Å². The number of nitrogens with one attached hydrogen (secondary N) is 1. The van der Waals surface area contributed by atoms with Gasteiger partial charge in [-0.15, -0.1) is 0 Å². The lowest BCUT2D eigenvalue weighted by Crippen LogP contribution is -2.45. The standard InChI is InChI=1S/C34H39ClN2O6S/c1-23-11-9-10-14-29(23)44(40,41)37-30(34(2,3)4)20-26(32(37)25-15-17-27(35)18-16-25)21-43-22-31(38)36-28(33(39)42-5)19-24-12-7-6-8-13-24/h6-18,20,28,30,32H,19,21-22H2,1-5H3,(H,36,38)/t28-,30-,32?/m0/s1. The Morgan fingerprint density at radius 3 is 2.23 bits per heavy atom. The molecule has 1 unspecified atom stereocenters. The Balaban J connectivity index is 1.59. The highest BCUT2D eigenvalue weighted by Crippen LogP contribution is 2.46. The van der Waals surface area contributed by atoms with Crippen LogP contribution in [-0.4, -0.2) is 57.0 Å². The number of halogens is 1. The summed E-state index contributed by atoms with van der Waals surface area (Å²) in [5.41, 5.74) is 2.48. The molecule has 3 aromatic carbocycles. The van der Waals surface area contributed by atoms with E-state index in [2.05, 4.69) is 5.32 Å². The lowest BCUT2D eigenvalue weighted by molar-refractivity contribution is -0.145. The molecule has 8 nitrogen and oxygen atoms in total. The maximum absolute atomic E-state index is 14.4. The molecular weight excluding hydrogens is 600 g/mol. The van der Waals surface area contributed by atoms with Gasteiger partial charge in [-0.05, 0) is 52.8 Å². The Labute approximate surface area is 265 Å². The fourth-order valence-corrected chi connectivity index (χ4v) is 7.68. The van der Waals surface area contributed by atoms with Crippen molar-refractivity contribution >= 4 is 33.5 Å². The van der Waals surface area contributed by atoms with Gasteiger partial charge in [0, 0.05) is 17.5 Å². The normalized spacial score (nSPS) is 18.0. The Hall–Kier alpha value is -3.50. The summed E-state index contributed by atoms with van der Waals surface area (Å²) in [5, 5.41) is 3.23. The van der Waals surface area contributed by atoms with Gasteiger partial charge in [0.1, 0.15) is 12.6 Å². The van der Waals surface area contributed by atoms with Crippen LogP contribution in [0, 0.1) is 12.3 Å². The molecule has 1 N–H and O–H groups in total. The van der Waals surface area contributed by atoms with Gasteiger partial charge >= 0.3 is 5.97 Å². The predicted octanol–water partition coefficient (Wildman–Crippen LogP) is 5.65. The van der Waals surface area contributed by atoms with Crippen molar-refractivity contribution in [2.24, 2.45) is 5.41 Å². The van der Waals surface area contributed by atoms with Crippen LogP contribution >= 0.6 is 11.6 Å². The molecule has 10 heteroatoms. The molecule has 1 aliphatic heterocycles. The molecule has 0 spiro atoms. The van der Waals surface area contributed by atoms with Gasteiger partial charge in [-0.1, -0.05) is 99.1 Å². The molecule has 44 heavy (non-hydrogen) atoms. The molecule has 234 valence electrons. The number of carbonyl (C=O) groups excluding carboxylic acids is 2. The van der Waals surface area contributed by atoms with Gasteiger partial charge < -0.3 is 14.8 Å². The average molecular weight is 639 g/mol. The fraction of sp³-hybridized carbons (Fsp3) is 0.353. The number of ether oxygens (including phenoxy) is 2. The molecule has 0 fully saturated rings. The van der Waals surface area contributed by atoms with Crippen LogP contribution in [0.25, 0.3) is 0 Å². The molecule has 0 saturated carbocycles. The number of methoxy groups -OCH3 is 1. The molecule has 4 rings (SSSR count). The molecule has 1 aliphatic rings. The summed E-state index contributed by atoms with van der Waals surface area (Å²) in [6.07, 6.45) is 2.20. The van der Waals surface area contributed by atoms with Crippen LogP contribution in [0.1, 0.15) is 43.5 Å². The SMILES string of the molecule is COC(=O)[C@H](Cc1ccccc1)NC(=O)COCC1=C[C@@H](C(C)(C)C)N(S(=O)(=O)c2ccccc2C)C1c1ccc(Cl)cc1. The number of sulfonamides is 1. The highest BCUT2D eigenvalue weighted by molar-refractivity contribution is 7.89. The summed E-state index contributed by atoms with van der Waals surface area (Å²) in [6, 6.07) is 21.2. The molecule has 0 aliphatic carbocycles. The number of amides is 1. The van der Waals surface area contributed by atoms with Gasteiger partial charge in [0.25, 0.3) is 0 Å². The minimum Gasteiger partial charge on any atom is -0.467 e. The first-order valence-electron chi connectivity index (χ1n) is 14.4. The van der Waals surface area contributed by atoms with Crippen molar-refractivity contribution in [2.45, 2.75) is 57.1 Å². The van der Waals surface area contributed by atoms with Crippen molar-refractivity contribution < 1.29 is 27.5 Å². The van der Waals surface area contributed by atoms with Crippen molar-refractivity contribution in [1.29, 1.82) is 0 Å². The number of esters is 1. The highest BCUT2D eigenvalue weighted by Gasteiger charge is 2.48. The Morgan fingerprint density at radius 1 is 0.977 bits per heavy atom. The first-order valence-corrected chi connectivity index (χ1v) is 16.2. The first kappa shape index (κ1) is 33.4. The molecule has 0 radical (unpaired) electrons. The Bertz CT molecular complexity index is 1600. The number of nitrogens with zero attached hydrogens (tertiary/aromatic N) is 1. The van der Waals surface area contributed by atoms with Crippen molar-refractivity contribution in [3.63, 3.8) is 0 Å². The zero-order chi connectivity index (χ0) is 32.1. The van der Waals surface area contributed by atoms with Crippen LogP contribution in [0.5, 0.6) is 0 Å². The van der Waals surface area contributed by atoms with E-state index in [-0.39, 0.29) is 24.5 Å². The van der Waals surface area contributed by atoms with E-state index in [0.29, 0.717) is 16.2 Å². The van der Waals surface area contributed by atoms with Crippen LogP contribution in [0.3, 0.4) is 0 Å². The number of benzene rings is 3. The smallest absolute Gasteiger partial charge is 0.328 e.